The summed E-state index contributed by atoms with van der Waals surface area (Å²) in [6.45, 7) is 1.05. The Labute approximate surface area is 160 Å². The summed E-state index contributed by atoms with van der Waals surface area (Å²) in [5.74, 6) is 2.31. The van der Waals surface area contributed by atoms with E-state index in [1.807, 2.05) is 36.0 Å². The van der Waals surface area contributed by atoms with Gasteiger partial charge in [0.1, 0.15) is 23.9 Å². The molecular formula is C20H29N4O3+. The van der Waals surface area contributed by atoms with Crippen LogP contribution in [0.25, 0.3) is 0 Å². The lowest BCUT2D eigenvalue weighted by Gasteiger charge is -2.18. The average molecular weight is 373 g/mol. The van der Waals surface area contributed by atoms with Crippen molar-refractivity contribution in [2.24, 2.45) is 0 Å². The van der Waals surface area contributed by atoms with E-state index in [0.717, 1.165) is 40.6 Å². The van der Waals surface area contributed by atoms with Crippen LogP contribution in [0.3, 0.4) is 0 Å². The van der Waals surface area contributed by atoms with Crippen molar-refractivity contribution in [3.8, 4) is 11.5 Å². The number of nitrogens with zero attached hydrogens (tertiary/aromatic N) is 2. The minimum absolute atomic E-state index is 0.0141. The van der Waals surface area contributed by atoms with E-state index in [2.05, 4.69) is 10.4 Å². The molecule has 1 unspecified atom stereocenters. The zero-order valence-electron chi connectivity index (χ0n) is 16.3. The second-order valence-corrected chi connectivity index (χ2v) is 7.14. The van der Waals surface area contributed by atoms with E-state index in [1.165, 1.54) is 12.8 Å². The predicted molar refractivity (Wildman–Crippen MR) is 103 cm³/mol. The van der Waals surface area contributed by atoms with E-state index >= 15 is 0 Å². The highest BCUT2D eigenvalue weighted by Gasteiger charge is 2.21. The van der Waals surface area contributed by atoms with Crippen molar-refractivity contribution in [2.45, 2.75) is 38.3 Å². The van der Waals surface area contributed by atoms with Crippen molar-refractivity contribution in [3.05, 3.63) is 36.0 Å². The smallest absolute Gasteiger partial charge is 0.280 e. The summed E-state index contributed by atoms with van der Waals surface area (Å²) in [6.07, 6.45) is 6.48. The molecule has 2 N–H and O–H groups in total. The first-order valence-corrected chi connectivity index (χ1v) is 9.46. The molecule has 7 nitrogen and oxygen atoms in total. The summed E-state index contributed by atoms with van der Waals surface area (Å²) in [5.41, 5.74) is 1.04. The zero-order chi connectivity index (χ0) is 19.2. The normalized spacial score (nSPS) is 15.5. The molecule has 1 heterocycles. The third-order valence-corrected chi connectivity index (χ3v) is 5.06. The lowest BCUT2D eigenvalue weighted by atomic mass is 10.2. The number of methoxy groups -OCH3 is 2. The van der Waals surface area contributed by atoms with Gasteiger partial charge in [-0.25, -0.2) is 4.68 Å². The van der Waals surface area contributed by atoms with Gasteiger partial charge in [-0.3, -0.25) is 4.79 Å². The van der Waals surface area contributed by atoms with E-state index in [9.17, 15) is 4.79 Å². The van der Waals surface area contributed by atoms with Gasteiger partial charge in [0.15, 0.2) is 6.54 Å². The Hall–Kier alpha value is -2.54. The van der Waals surface area contributed by atoms with Crippen LogP contribution in [0.4, 0.5) is 5.82 Å². The van der Waals surface area contributed by atoms with Crippen LogP contribution in [0.2, 0.25) is 0 Å². The third kappa shape index (κ3) is 4.80. The van der Waals surface area contributed by atoms with E-state index in [-0.39, 0.29) is 5.91 Å². The minimum atomic E-state index is -0.0141. The van der Waals surface area contributed by atoms with E-state index in [4.69, 9.17) is 9.47 Å². The van der Waals surface area contributed by atoms with Gasteiger partial charge in [-0.15, -0.1) is 0 Å². The Morgan fingerprint density at radius 1 is 1.26 bits per heavy atom. The van der Waals surface area contributed by atoms with Gasteiger partial charge in [-0.05, 0) is 25.0 Å². The molecule has 1 aliphatic rings. The number of hydrogen-bond acceptors (Lipinski definition) is 4. The van der Waals surface area contributed by atoms with Gasteiger partial charge in [0, 0.05) is 17.7 Å². The SMILES string of the molecule is COc1ccc(C[NH+](C)CC(=O)Nc2ccnn2C2CCCC2)c(OC)c1. The Balaban J connectivity index is 1.58. The second-order valence-electron chi connectivity index (χ2n) is 7.14. The third-order valence-electron chi connectivity index (χ3n) is 5.06. The predicted octanol–water partition coefficient (Wildman–Crippen LogP) is 1.67. The number of quaternary nitrogens is 1. The van der Waals surface area contributed by atoms with Crippen molar-refractivity contribution in [3.63, 3.8) is 0 Å². The van der Waals surface area contributed by atoms with Crippen molar-refractivity contribution in [1.29, 1.82) is 0 Å². The molecule has 1 aliphatic carbocycles. The summed E-state index contributed by atoms with van der Waals surface area (Å²) in [5, 5.41) is 7.42. The second kappa shape index (κ2) is 8.90. The number of likely N-dealkylation sites (N-methyl/N-ethyl adjacent to an activating group) is 1. The Morgan fingerprint density at radius 3 is 2.74 bits per heavy atom. The van der Waals surface area contributed by atoms with Gasteiger partial charge < -0.3 is 19.7 Å². The summed E-state index contributed by atoms with van der Waals surface area (Å²) in [4.78, 5) is 13.6. The van der Waals surface area contributed by atoms with Gasteiger partial charge >= 0.3 is 0 Å². The molecule has 0 aliphatic heterocycles. The highest BCUT2D eigenvalue weighted by atomic mass is 16.5. The highest BCUT2D eigenvalue weighted by Crippen LogP contribution is 2.31. The summed E-state index contributed by atoms with van der Waals surface area (Å²) < 4.78 is 12.6. The number of nitrogens with one attached hydrogen (secondary N) is 2. The van der Waals surface area contributed by atoms with Crippen LogP contribution in [0, 0.1) is 0 Å². The number of ether oxygens (including phenoxy) is 2. The molecule has 27 heavy (non-hydrogen) atoms. The van der Waals surface area contributed by atoms with Gasteiger partial charge in [0.05, 0.1) is 33.5 Å². The number of rotatable bonds is 8. The van der Waals surface area contributed by atoms with Crippen LogP contribution in [0.5, 0.6) is 11.5 Å². The molecule has 0 spiro atoms. The van der Waals surface area contributed by atoms with E-state index < -0.39 is 0 Å². The van der Waals surface area contributed by atoms with Crippen molar-refractivity contribution in [1.82, 2.24) is 9.78 Å². The number of carbonyl (C=O) groups excluding carboxylic acids is 1. The van der Waals surface area contributed by atoms with Crippen LogP contribution in [0.15, 0.2) is 30.5 Å². The minimum Gasteiger partial charge on any atom is -0.497 e. The maximum atomic E-state index is 12.5. The van der Waals surface area contributed by atoms with Crippen LogP contribution in [-0.4, -0.2) is 43.5 Å². The molecule has 0 radical (unpaired) electrons. The molecule has 1 aromatic heterocycles. The number of benzene rings is 1. The fourth-order valence-corrected chi connectivity index (χ4v) is 3.70. The van der Waals surface area contributed by atoms with Gasteiger partial charge in [-0.2, -0.15) is 5.10 Å². The van der Waals surface area contributed by atoms with Crippen LogP contribution >= 0.6 is 0 Å². The molecule has 7 heteroatoms. The number of aromatic nitrogens is 2. The molecule has 2 aromatic rings. The monoisotopic (exact) mass is 373 g/mol. The number of amides is 1. The standard InChI is InChI=1S/C20H28N4O3/c1-23(13-15-8-9-17(26-2)12-18(15)27-3)14-20(25)22-19-10-11-21-24(19)16-6-4-5-7-16/h8-12,16H,4-7,13-14H2,1-3H3,(H,22,25)/p+1. The molecule has 0 saturated heterocycles. The molecule has 3 rings (SSSR count). The van der Waals surface area contributed by atoms with Crippen molar-refractivity contribution >= 4 is 11.7 Å². The Bertz CT molecular complexity index is 768. The fraction of sp³-hybridized carbons (Fsp3) is 0.500. The topological polar surface area (TPSA) is 69.8 Å². The maximum Gasteiger partial charge on any atom is 0.280 e. The van der Waals surface area contributed by atoms with E-state index in [0.29, 0.717) is 19.1 Å². The Morgan fingerprint density at radius 2 is 2.04 bits per heavy atom. The fourth-order valence-electron chi connectivity index (χ4n) is 3.70. The zero-order valence-corrected chi connectivity index (χ0v) is 16.3. The molecule has 1 fully saturated rings. The molecule has 1 amide bonds. The molecule has 146 valence electrons. The first kappa shape index (κ1) is 19.2. The molecule has 1 aromatic carbocycles. The number of carbonyl (C=O) groups is 1. The van der Waals surface area contributed by atoms with Crippen molar-refractivity contribution in [2.75, 3.05) is 33.1 Å². The molecule has 0 bridgehead atoms. The molecule has 1 saturated carbocycles. The number of anilines is 1. The highest BCUT2D eigenvalue weighted by molar-refractivity contribution is 5.90. The molecular weight excluding hydrogens is 344 g/mol. The summed E-state index contributed by atoms with van der Waals surface area (Å²) in [7, 11) is 5.27. The van der Waals surface area contributed by atoms with Crippen LogP contribution < -0.4 is 19.7 Å². The van der Waals surface area contributed by atoms with Crippen molar-refractivity contribution < 1.29 is 19.2 Å². The lowest BCUT2D eigenvalue weighted by molar-refractivity contribution is -0.885. The first-order chi connectivity index (χ1) is 13.1. The molecule has 1 atom stereocenters. The van der Waals surface area contributed by atoms with Crippen LogP contribution in [0.1, 0.15) is 37.3 Å². The number of hydrogen-bond donors (Lipinski definition) is 2. The average Bonchev–Trinajstić information content (AvgIpc) is 3.33. The van der Waals surface area contributed by atoms with E-state index in [1.54, 1.807) is 20.4 Å². The van der Waals surface area contributed by atoms with Gasteiger partial charge in [0.2, 0.25) is 0 Å². The summed E-state index contributed by atoms with van der Waals surface area (Å²) in [6, 6.07) is 8.03. The first-order valence-electron chi connectivity index (χ1n) is 9.46. The van der Waals surface area contributed by atoms with Gasteiger partial charge in [0.25, 0.3) is 5.91 Å². The van der Waals surface area contributed by atoms with Crippen LogP contribution in [-0.2, 0) is 11.3 Å². The van der Waals surface area contributed by atoms with Gasteiger partial charge in [-0.1, -0.05) is 12.8 Å². The lowest BCUT2D eigenvalue weighted by Crippen LogP contribution is -3.08. The maximum absolute atomic E-state index is 12.5. The quantitative estimate of drug-likeness (QED) is 0.739. The summed E-state index contributed by atoms with van der Waals surface area (Å²) >= 11 is 0. The largest absolute Gasteiger partial charge is 0.497 e. The Kier molecular flexibility index (Phi) is 6.34.